The van der Waals surface area contributed by atoms with Gasteiger partial charge >= 0.3 is 6.03 Å². The van der Waals surface area contributed by atoms with Crippen LogP contribution in [-0.2, 0) is 11.8 Å². The van der Waals surface area contributed by atoms with E-state index >= 15 is 0 Å². The Kier molecular flexibility index (Phi) is 4.14. The molecule has 0 aromatic carbocycles. The van der Waals surface area contributed by atoms with Crippen molar-refractivity contribution >= 4 is 6.03 Å². The first kappa shape index (κ1) is 14.4. The van der Waals surface area contributed by atoms with Gasteiger partial charge in [-0.25, -0.2) is 4.79 Å². The number of likely N-dealkylation sites (tertiary alicyclic amines) is 2. The normalized spacial score (nSPS) is 23.8. The Hall–Kier alpha value is -1.56. The quantitative estimate of drug-likeness (QED) is 0.829. The first-order valence-corrected chi connectivity index (χ1v) is 7.72. The second-order valence-electron chi connectivity index (χ2n) is 6.08. The lowest BCUT2D eigenvalue weighted by Gasteiger charge is -2.34. The maximum Gasteiger partial charge on any atom is 0.320 e. The minimum absolute atomic E-state index is 0.191. The Bertz CT molecular complexity index is 494. The van der Waals surface area contributed by atoms with E-state index in [2.05, 4.69) is 11.3 Å². The van der Waals surface area contributed by atoms with Crippen molar-refractivity contribution in [2.75, 3.05) is 33.3 Å². The van der Waals surface area contributed by atoms with Crippen molar-refractivity contribution in [1.82, 2.24) is 19.6 Å². The van der Waals surface area contributed by atoms with Gasteiger partial charge in [-0.15, -0.1) is 0 Å². The number of amides is 2. The van der Waals surface area contributed by atoms with Crippen molar-refractivity contribution in [3.05, 3.63) is 18.0 Å². The molecule has 0 bridgehead atoms. The van der Waals surface area contributed by atoms with Gasteiger partial charge in [0.05, 0.1) is 12.3 Å². The van der Waals surface area contributed by atoms with Crippen molar-refractivity contribution in [2.45, 2.75) is 31.3 Å². The molecular weight excluding hydrogens is 268 g/mol. The molecule has 2 aliphatic rings. The van der Waals surface area contributed by atoms with Crippen molar-refractivity contribution in [3.8, 4) is 0 Å². The highest BCUT2D eigenvalue weighted by atomic mass is 16.5. The molecule has 3 heterocycles. The molecule has 116 valence electrons. The zero-order valence-corrected chi connectivity index (χ0v) is 12.9. The Balaban J connectivity index is 1.55. The molecule has 3 rings (SSSR count). The Morgan fingerprint density at radius 2 is 1.95 bits per heavy atom. The van der Waals surface area contributed by atoms with Crippen LogP contribution in [0.15, 0.2) is 12.4 Å². The largest absolute Gasteiger partial charge is 0.381 e. The number of piperidine rings is 1. The summed E-state index contributed by atoms with van der Waals surface area (Å²) in [6.45, 7) is 3.29. The highest BCUT2D eigenvalue weighted by molar-refractivity contribution is 5.75. The number of methoxy groups -OCH3 is 1. The number of hydrogen-bond acceptors (Lipinski definition) is 3. The maximum absolute atomic E-state index is 12.6. The van der Waals surface area contributed by atoms with E-state index in [4.69, 9.17) is 4.74 Å². The summed E-state index contributed by atoms with van der Waals surface area (Å²) in [5.74, 6) is 0.430. The topological polar surface area (TPSA) is 50.6 Å². The van der Waals surface area contributed by atoms with Crippen molar-refractivity contribution in [2.24, 2.45) is 7.05 Å². The van der Waals surface area contributed by atoms with Crippen molar-refractivity contribution in [3.63, 3.8) is 0 Å². The first-order chi connectivity index (χ1) is 10.2. The lowest BCUT2D eigenvalue weighted by Crippen LogP contribution is -2.47. The fourth-order valence-electron chi connectivity index (χ4n) is 3.34. The second-order valence-corrected chi connectivity index (χ2v) is 6.08. The van der Waals surface area contributed by atoms with Crippen molar-refractivity contribution < 1.29 is 9.53 Å². The van der Waals surface area contributed by atoms with Crippen LogP contribution in [0.3, 0.4) is 0 Å². The highest BCUT2D eigenvalue weighted by Crippen LogP contribution is 2.28. The minimum Gasteiger partial charge on any atom is -0.381 e. The number of ether oxygens (including phenoxy) is 1. The predicted octanol–water partition coefficient (Wildman–Crippen LogP) is 1.44. The summed E-state index contributed by atoms with van der Waals surface area (Å²) >= 11 is 0. The van der Waals surface area contributed by atoms with Crippen LogP contribution in [0.25, 0.3) is 0 Å². The average molecular weight is 292 g/mol. The zero-order valence-electron chi connectivity index (χ0n) is 12.9. The van der Waals surface area contributed by atoms with Crippen LogP contribution >= 0.6 is 0 Å². The van der Waals surface area contributed by atoms with E-state index in [9.17, 15) is 4.79 Å². The molecule has 6 nitrogen and oxygen atoms in total. The van der Waals surface area contributed by atoms with Crippen LogP contribution in [0, 0.1) is 0 Å². The van der Waals surface area contributed by atoms with E-state index in [1.807, 2.05) is 27.7 Å². The molecule has 1 aromatic heterocycles. The summed E-state index contributed by atoms with van der Waals surface area (Å²) in [6, 6.07) is 0.191. The standard InChI is InChI=1S/C15H24N4O2/c1-17-10-13(9-16-17)12-3-6-19(11-12)15(20)18-7-4-14(21-2)5-8-18/h9-10,12,14H,3-8,11H2,1-2H3. The molecule has 0 saturated carbocycles. The number of carbonyl (C=O) groups excluding carboxylic acids is 1. The Morgan fingerprint density at radius 1 is 1.24 bits per heavy atom. The molecule has 2 fully saturated rings. The molecule has 1 aromatic rings. The van der Waals surface area contributed by atoms with E-state index in [0.717, 1.165) is 45.4 Å². The van der Waals surface area contributed by atoms with Gasteiger partial charge in [0.25, 0.3) is 0 Å². The van der Waals surface area contributed by atoms with E-state index < -0.39 is 0 Å². The van der Waals surface area contributed by atoms with Crippen molar-refractivity contribution in [1.29, 1.82) is 0 Å². The third-order valence-corrected chi connectivity index (χ3v) is 4.70. The SMILES string of the molecule is COC1CCN(C(=O)N2CCC(c3cnn(C)c3)C2)CC1. The average Bonchev–Trinajstić information content (AvgIpc) is 3.15. The van der Waals surface area contributed by atoms with Gasteiger partial charge < -0.3 is 14.5 Å². The van der Waals surface area contributed by atoms with Gasteiger partial charge in [-0.05, 0) is 24.8 Å². The molecule has 0 N–H and O–H groups in total. The van der Waals surface area contributed by atoms with Gasteiger partial charge in [-0.3, -0.25) is 4.68 Å². The summed E-state index contributed by atoms with van der Waals surface area (Å²) in [5, 5.41) is 4.23. The van der Waals surface area contributed by atoms with Gasteiger partial charge in [0.2, 0.25) is 0 Å². The maximum atomic E-state index is 12.6. The van der Waals surface area contributed by atoms with Gasteiger partial charge in [0.1, 0.15) is 0 Å². The van der Waals surface area contributed by atoms with E-state index in [1.54, 1.807) is 7.11 Å². The first-order valence-electron chi connectivity index (χ1n) is 7.72. The number of rotatable bonds is 2. The van der Waals surface area contributed by atoms with Gasteiger partial charge in [0.15, 0.2) is 0 Å². The second kappa shape index (κ2) is 6.05. The number of aryl methyl sites for hydroxylation is 1. The molecule has 0 aliphatic carbocycles. The van der Waals surface area contributed by atoms with E-state index in [0.29, 0.717) is 12.0 Å². The van der Waals surface area contributed by atoms with Crippen LogP contribution in [0.1, 0.15) is 30.7 Å². The van der Waals surface area contributed by atoms with Gasteiger partial charge in [-0.1, -0.05) is 0 Å². The predicted molar refractivity (Wildman–Crippen MR) is 79.1 cm³/mol. The monoisotopic (exact) mass is 292 g/mol. The van der Waals surface area contributed by atoms with Crippen LogP contribution in [0.5, 0.6) is 0 Å². The summed E-state index contributed by atoms with van der Waals surface area (Å²) in [7, 11) is 3.68. The Labute approximate surface area is 125 Å². The number of carbonyl (C=O) groups is 1. The minimum atomic E-state index is 0.191. The lowest BCUT2D eigenvalue weighted by molar-refractivity contribution is 0.0456. The van der Waals surface area contributed by atoms with E-state index in [1.165, 1.54) is 5.56 Å². The molecule has 1 unspecified atom stereocenters. The Morgan fingerprint density at radius 3 is 2.57 bits per heavy atom. The summed E-state index contributed by atoms with van der Waals surface area (Å²) in [4.78, 5) is 16.5. The molecule has 2 aliphatic heterocycles. The van der Waals surface area contributed by atoms with Crippen LogP contribution < -0.4 is 0 Å². The molecular formula is C15H24N4O2. The summed E-state index contributed by atoms with van der Waals surface area (Å²) < 4.78 is 7.19. The third kappa shape index (κ3) is 3.05. The van der Waals surface area contributed by atoms with E-state index in [-0.39, 0.29) is 6.03 Å². The molecule has 1 atom stereocenters. The molecule has 2 saturated heterocycles. The molecule has 0 radical (unpaired) electrons. The lowest BCUT2D eigenvalue weighted by atomic mass is 10.0. The third-order valence-electron chi connectivity index (χ3n) is 4.70. The molecule has 2 amide bonds. The van der Waals surface area contributed by atoms with Crippen LogP contribution in [0.2, 0.25) is 0 Å². The van der Waals surface area contributed by atoms with Crippen LogP contribution in [0.4, 0.5) is 4.79 Å². The number of urea groups is 1. The zero-order chi connectivity index (χ0) is 14.8. The van der Waals surface area contributed by atoms with Crippen LogP contribution in [-0.4, -0.2) is 65.0 Å². The van der Waals surface area contributed by atoms with Gasteiger partial charge in [-0.2, -0.15) is 5.10 Å². The highest BCUT2D eigenvalue weighted by Gasteiger charge is 2.32. The molecule has 21 heavy (non-hydrogen) atoms. The molecule has 0 spiro atoms. The number of aromatic nitrogens is 2. The van der Waals surface area contributed by atoms with Gasteiger partial charge in [0, 0.05) is 52.5 Å². The summed E-state index contributed by atoms with van der Waals surface area (Å²) in [5.41, 5.74) is 1.24. The fourth-order valence-corrected chi connectivity index (χ4v) is 3.34. The number of hydrogen-bond donors (Lipinski definition) is 0. The summed E-state index contributed by atoms with van der Waals surface area (Å²) in [6.07, 6.45) is 7.22. The molecule has 6 heteroatoms. The smallest absolute Gasteiger partial charge is 0.320 e. The number of nitrogens with zero attached hydrogens (tertiary/aromatic N) is 4. The fraction of sp³-hybridized carbons (Fsp3) is 0.733.